The van der Waals surface area contributed by atoms with Crippen LogP contribution in [0.25, 0.3) is 0 Å². The highest BCUT2D eigenvalue weighted by atomic mass is 16.6. The van der Waals surface area contributed by atoms with E-state index in [0.717, 1.165) is 4.90 Å². The summed E-state index contributed by atoms with van der Waals surface area (Å²) in [7, 11) is 0. The lowest BCUT2D eigenvalue weighted by atomic mass is 10.2. The molecule has 0 aliphatic heterocycles. The summed E-state index contributed by atoms with van der Waals surface area (Å²) in [6.45, 7) is -0.0748. The molecule has 0 heterocycles. The van der Waals surface area contributed by atoms with Crippen LogP contribution in [0.3, 0.4) is 0 Å². The Labute approximate surface area is 263 Å². The Balaban J connectivity index is 1.86. The number of nitrogens with one attached hydrogen (secondary N) is 2. The van der Waals surface area contributed by atoms with E-state index in [-0.39, 0.29) is 76.5 Å². The SMILES string of the molecule is N=C(N)Nc1ccc(C(=O)Oc2ccc(COC(=O)N(CCOCCOCCOCCC(=O)O)C(CC(=O)O)C(=O)O)cc2)cc1. The number of hydrogen-bond donors (Lipinski definition) is 6. The number of nitrogens with two attached hydrogens (primary N) is 1. The summed E-state index contributed by atoms with van der Waals surface area (Å²) in [6, 6.07) is 10.3. The number of aliphatic carboxylic acids is 3. The fourth-order valence-electron chi connectivity index (χ4n) is 3.63. The van der Waals surface area contributed by atoms with Crippen LogP contribution < -0.4 is 15.8 Å². The molecule has 0 radical (unpaired) electrons. The largest absolute Gasteiger partial charge is 0.481 e. The number of hydrogen-bond acceptors (Lipinski definition) is 11. The van der Waals surface area contributed by atoms with E-state index in [2.05, 4.69) is 5.32 Å². The summed E-state index contributed by atoms with van der Waals surface area (Å²) in [5.74, 6) is -4.63. The maximum Gasteiger partial charge on any atom is 0.410 e. The van der Waals surface area contributed by atoms with E-state index in [0.29, 0.717) is 11.3 Å². The monoisotopic (exact) mass is 648 g/mol. The Bertz CT molecular complexity index is 1320. The quantitative estimate of drug-likeness (QED) is 0.0369. The summed E-state index contributed by atoms with van der Waals surface area (Å²) in [5, 5.41) is 37.1. The second-order valence-corrected chi connectivity index (χ2v) is 9.33. The molecule has 0 aliphatic rings. The molecule has 1 atom stereocenters. The van der Waals surface area contributed by atoms with Crippen molar-refractivity contribution in [3.63, 3.8) is 0 Å². The van der Waals surface area contributed by atoms with E-state index in [1.807, 2.05) is 0 Å². The summed E-state index contributed by atoms with van der Waals surface area (Å²) >= 11 is 0. The van der Waals surface area contributed by atoms with Gasteiger partial charge in [-0.3, -0.25) is 19.9 Å². The predicted octanol–water partition coefficient (Wildman–Crippen LogP) is 1.60. The second-order valence-electron chi connectivity index (χ2n) is 9.33. The lowest BCUT2D eigenvalue weighted by Crippen LogP contribution is -2.48. The number of anilines is 1. The van der Waals surface area contributed by atoms with Gasteiger partial charge in [-0.25, -0.2) is 14.4 Å². The fraction of sp³-hybridized carbons (Fsp3) is 0.379. The minimum absolute atomic E-state index is 0.0577. The summed E-state index contributed by atoms with van der Waals surface area (Å²) in [5.41, 5.74) is 6.51. The van der Waals surface area contributed by atoms with Crippen LogP contribution in [0, 0.1) is 5.41 Å². The zero-order chi connectivity index (χ0) is 33.9. The number of benzene rings is 2. The van der Waals surface area contributed by atoms with E-state index in [1.54, 1.807) is 12.1 Å². The molecule has 250 valence electrons. The van der Waals surface area contributed by atoms with Gasteiger partial charge in [-0.15, -0.1) is 0 Å². The van der Waals surface area contributed by atoms with Crippen LogP contribution >= 0.6 is 0 Å². The van der Waals surface area contributed by atoms with Crippen molar-refractivity contribution < 1.29 is 63.0 Å². The number of carbonyl (C=O) groups excluding carboxylic acids is 2. The van der Waals surface area contributed by atoms with Gasteiger partial charge in [0.15, 0.2) is 5.96 Å². The van der Waals surface area contributed by atoms with Crippen molar-refractivity contribution in [2.75, 3.05) is 51.5 Å². The molecule has 17 nitrogen and oxygen atoms in total. The zero-order valence-corrected chi connectivity index (χ0v) is 24.7. The predicted molar refractivity (Wildman–Crippen MR) is 159 cm³/mol. The third kappa shape index (κ3) is 14.5. The molecular formula is C29H36N4O13. The van der Waals surface area contributed by atoms with Crippen molar-refractivity contribution in [3.05, 3.63) is 59.7 Å². The number of amides is 1. The van der Waals surface area contributed by atoms with Gasteiger partial charge in [0.05, 0.1) is 58.0 Å². The second kappa shape index (κ2) is 19.9. The van der Waals surface area contributed by atoms with E-state index in [9.17, 15) is 29.1 Å². The van der Waals surface area contributed by atoms with Crippen molar-refractivity contribution in [3.8, 4) is 5.75 Å². The smallest absolute Gasteiger partial charge is 0.410 e. The first-order chi connectivity index (χ1) is 22.0. The minimum Gasteiger partial charge on any atom is -0.481 e. The number of ether oxygens (including phenoxy) is 5. The van der Waals surface area contributed by atoms with Gasteiger partial charge in [-0.1, -0.05) is 12.1 Å². The molecule has 17 heteroatoms. The Morgan fingerprint density at radius 3 is 1.93 bits per heavy atom. The van der Waals surface area contributed by atoms with Gasteiger partial charge in [0, 0.05) is 12.2 Å². The summed E-state index contributed by atoms with van der Waals surface area (Å²) in [4.78, 5) is 59.5. The van der Waals surface area contributed by atoms with Crippen molar-refractivity contribution in [2.24, 2.45) is 5.73 Å². The van der Waals surface area contributed by atoms with Gasteiger partial charge >= 0.3 is 30.0 Å². The fourth-order valence-corrected chi connectivity index (χ4v) is 3.63. The molecule has 0 fully saturated rings. The van der Waals surface area contributed by atoms with E-state index < -0.39 is 42.4 Å². The highest BCUT2D eigenvalue weighted by Crippen LogP contribution is 2.17. The molecule has 46 heavy (non-hydrogen) atoms. The van der Waals surface area contributed by atoms with Crippen molar-refractivity contribution in [1.29, 1.82) is 5.41 Å². The molecule has 2 rings (SSSR count). The molecule has 0 aromatic heterocycles. The first-order valence-electron chi connectivity index (χ1n) is 13.8. The molecule has 2 aromatic rings. The summed E-state index contributed by atoms with van der Waals surface area (Å²) in [6.07, 6.45) is -2.07. The Hall–Kier alpha value is -5.26. The summed E-state index contributed by atoms with van der Waals surface area (Å²) < 4.78 is 26.3. The first-order valence-corrected chi connectivity index (χ1v) is 13.8. The van der Waals surface area contributed by atoms with Gasteiger partial charge in [0.2, 0.25) is 0 Å². The maximum atomic E-state index is 12.9. The van der Waals surface area contributed by atoms with Crippen molar-refractivity contribution in [2.45, 2.75) is 25.5 Å². The van der Waals surface area contributed by atoms with Crippen LogP contribution in [0.1, 0.15) is 28.8 Å². The van der Waals surface area contributed by atoms with Crippen LogP contribution in [0.15, 0.2) is 48.5 Å². The number of esters is 1. The molecule has 0 saturated carbocycles. The average molecular weight is 649 g/mol. The van der Waals surface area contributed by atoms with Crippen LogP contribution in [0.2, 0.25) is 0 Å². The maximum absolute atomic E-state index is 12.9. The van der Waals surface area contributed by atoms with Crippen LogP contribution in [-0.2, 0) is 39.9 Å². The van der Waals surface area contributed by atoms with E-state index in [4.69, 9.17) is 45.0 Å². The third-order valence-electron chi connectivity index (χ3n) is 5.84. The molecule has 7 N–H and O–H groups in total. The Morgan fingerprint density at radius 2 is 1.39 bits per heavy atom. The van der Waals surface area contributed by atoms with E-state index in [1.165, 1.54) is 36.4 Å². The molecule has 0 aliphatic carbocycles. The van der Waals surface area contributed by atoms with Gasteiger partial charge < -0.3 is 50.1 Å². The number of carbonyl (C=O) groups is 5. The lowest BCUT2D eigenvalue weighted by Gasteiger charge is -2.27. The number of carboxylic acids is 3. The highest BCUT2D eigenvalue weighted by Gasteiger charge is 2.32. The number of carboxylic acid groups (broad SMARTS) is 3. The average Bonchev–Trinajstić information content (AvgIpc) is 3.00. The van der Waals surface area contributed by atoms with Crippen molar-refractivity contribution >= 4 is 41.6 Å². The van der Waals surface area contributed by atoms with Crippen molar-refractivity contribution in [1.82, 2.24) is 4.90 Å². The Kier molecular flexibility index (Phi) is 16.0. The van der Waals surface area contributed by atoms with Gasteiger partial charge in [0.1, 0.15) is 18.4 Å². The number of nitrogens with zero attached hydrogens (tertiary/aromatic N) is 1. The highest BCUT2D eigenvalue weighted by molar-refractivity contribution is 5.93. The van der Waals surface area contributed by atoms with Crippen LogP contribution in [0.4, 0.5) is 10.5 Å². The number of guanidine groups is 1. The molecule has 0 bridgehead atoms. The Morgan fingerprint density at radius 1 is 0.804 bits per heavy atom. The zero-order valence-electron chi connectivity index (χ0n) is 24.7. The minimum atomic E-state index is -1.72. The molecule has 1 unspecified atom stereocenters. The van der Waals surface area contributed by atoms with E-state index >= 15 is 0 Å². The van der Waals surface area contributed by atoms with Gasteiger partial charge in [-0.05, 0) is 42.0 Å². The molecular weight excluding hydrogens is 612 g/mol. The van der Waals surface area contributed by atoms with Gasteiger partial charge in [0.25, 0.3) is 0 Å². The topological polar surface area (TPSA) is 257 Å². The van der Waals surface area contributed by atoms with Gasteiger partial charge in [-0.2, -0.15) is 0 Å². The molecule has 1 amide bonds. The first kappa shape index (κ1) is 36.9. The molecule has 0 spiro atoms. The normalized spacial score (nSPS) is 11.2. The third-order valence-corrected chi connectivity index (χ3v) is 5.84. The van der Waals surface area contributed by atoms with Crippen LogP contribution in [0.5, 0.6) is 5.75 Å². The number of rotatable bonds is 21. The standard InChI is InChI=1S/C29H36N4O13/c30-28(31)32-21-5-3-20(4-6-21)27(40)46-22-7-1-19(2-8-22)18-45-29(41)33(23(26(38)39)17-25(36)37)10-12-43-14-16-44-15-13-42-11-9-24(34)35/h1-8,23H,9-18H2,(H,34,35)(H,36,37)(H,38,39)(H4,30,31,32). The van der Waals surface area contributed by atoms with Crippen LogP contribution in [-0.4, -0.2) is 108 Å². The lowest BCUT2D eigenvalue weighted by molar-refractivity contribution is -0.149. The molecule has 2 aromatic carbocycles. The molecule has 0 saturated heterocycles.